The average molecular weight is 391 g/mol. The Morgan fingerprint density at radius 2 is 1.86 bits per heavy atom. The van der Waals surface area contributed by atoms with Crippen molar-refractivity contribution in [3.63, 3.8) is 0 Å². The van der Waals surface area contributed by atoms with Crippen molar-refractivity contribution in [3.05, 3.63) is 59.2 Å². The highest BCUT2D eigenvalue weighted by Crippen LogP contribution is 2.22. The van der Waals surface area contributed by atoms with Crippen LogP contribution in [0.2, 0.25) is 0 Å². The van der Waals surface area contributed by atoms with E-state index in [1.165, 1.54) is 18.2 Å². The minimum atomic E-state index is -1.68. The summed E-state index contributed by atoms with van der Waals surface area (Å²) < 4.78 is 40.1. The van der Waals surface area contributed by atoms with E-state index in [2.05, 4.69) is 10.3 Å². The number of hydrogen-bond donors (Lipinski definition) is 1. The van der Waals surface area contributed by atoms with Gasteiger partial charge in [-0.15, -0.1) is 0 Å². The predicted octanol–water partition coefficient (Wildman–Crippen LogP) is 4.16. The Morgan fingerprint density at radius 1 is 1.11 bits per heavy atom. The fourth-order valence-electron chi connectivity index (χ4n) is 3.33. The highest BCUT2D eigenvalue weighted by Gasteiger charge is 2.27. The number of hydrogen-bond acceptors (Lipinski definition) is 3. The first kappa shape index (κ1) is 19.9. The lowest BCUT2D eigenvalue weighted by Crippen LogP contribution is -2.43. The van der Waals surface area contributed by atoms with Crippen LogP contribution < -0.4 is 5.32 Å². The number of amides is 2. The maximum Gasteiger partial charge on any atom is 0.274 e. The van der Waals surface area contributed by atoms with Gasteiger partial charge in [0, 0.05) is 12.6 Å². The summed E-state index contributed by atoms with van der Waals surface area (Å²) in [7, 11) is 0. The smallest absolute Gasteiger partial charge is 0.274 e. The molecule has 8 heteroatoms. The number of carbonyl (C=O) groups is 2. The number of benzene rings is 1. The second-order valence-electron chi connectivity index (χ2n) is 6.64. The van der Waals surface area contributed by atoms with Crippen LogP contribution in [-0.2, 0) is 0 Å². The molecule has 1 N–H and O–H groups in total. The van der Waals surface area contributed by atoms with E-state index in [1.807, 2.05) is 6.92 Å². The lowest BCUT2D eigenvalue weighted by molar-refractivity contribution is 0.0602. The zero-order valence-corrected chi connectivity index (χ0v) is 15.3. The van der Waals surface area contributed by atoms with Gasteiger partial charge in [0.25, 0.3) is 11.8 Å². The van der Waals surface area contributed by atoms with Gasteiger partial charge in [0.05, 0.1) is 5.69 Å². The zero-order valence-electron chi connectivity index (χ0n) is 15.3. The highest BCUT2D eigenvalue weighted by atomic mass is 19.2. The molecule has 2 amide bonds. The van der Waals surface area contributed by atoms with Crippen LogP contribution >= 0.6 is 0 Å². The summed E-state index contributed by atoms with van der Waals surface area (Å²) in [4.78, 5) is 31.0. The van der Waals surface area contributed by atoms with Gasteiger partial charge in [0.2, 0.25) is 0 Å². The number of likely N-dealkylation sites (tertiary alicyclic amines) is 1. The molecular formula is C20H20F3N3O2. The Hall–Kier alpha value is -2.90. The van der Waals surface area contributed by atoms with Gasteiger partial charge in [-0.25, -0.2) is 18.2 Å². The maximum absolute atomic E-state index is 13.8. The second-order valence-corrected chi connectivity index (χ2v) is 6.64. The van der Waals surface area contributed by atoms with Gasteiger partial charge >= 0.3 is 0 Å². The van der Waals surface area contributed by atoms with Crippen LogP contribution in [0.25, 0.3) is 0 Å². The van der Waals surface area contributed by atoms with E-state index in [-0.39, 0.29) is 23.3 Å². The number of aromatic nitrogens is 1. The van der Waals surface area contributed by atoms with Gasteiger partial charge in [-0.3, -0.25) is 9.59 Å². The summed E-state index contributed by atoms with van der Waals surface area (Å²) >= 11 is 0. The molecule has 0 radical (unpaired) electrons. The second kappa shape index (κ2) is 8.41. The Labute approximate surface area is 160 Å². The van der Waals surface area contributed by atoms with Gasteiger partial charge < -0.3 is 10.2 Å². The zero-order chi connectivity index (χ0) is 20.3. The summed E-state index contributed by atoms with van der Waals surface area (Å²) in [5.74, 6) is -5.62. The molecule has 1 atom stereocenters. The van der Waals surface area contributed by atoms with Crippen molar-refractivity contribution in [2.24, 2.45) is 0 Å². The molecule has 28 heavy (non-hydrogen) atoms. The summed E-state index contributed by atoms with van der Waals surface area (Å²) in [5.41, 5.74) is -0.525. The van der Waals surface area contributed by atoms with Crippen LogP contribution in [0.1, 0.15) is 53.6 Å². The topological polar surface area (TPSA) is 62.3 Å². The van der Waals surface area contributed by atoms with Crippen LogP contribution in [0.4, 0.5) is 18.9 Å². The summed E-state index contributed by atoms with van der Waals surface area (Å²) in [6.07, 6.45) is 3.74. The van der Waals surface area contributed by atoms with Crippen molar-refractivity contribution in [1.29, 1.82) is 0 Å². The Balaban J connectivity index is 1.80. The third kappa shape index (κ3) is 4.00. The minimum Gasteiger partial charge on any atom is -0.334 e. The van der Waals surface area contributed by atoms with Crippen molar-refractivity contribution >= 4 is 17.5 Å². The number of nitrogens with one attached hydrogen (secondary N) is 1. The molecule has 2 aromatic rings. The van der Waals surface area contributed by atoms with Crippen LogP contribution in [0.3, 0.4) is 0 Å². The monoisotopic (exact) mass is 391 g/mol. The standard InChI is InChI=1S/C20H20F3N3O2/c1-2-12-6-3-4-11-26(12)20(28)16-8-5-7-15(24-16)19(27)25-14-10-9-13(21)17(22)18(14)23/h5,7-10,12H,2-4,6,11H2,1H3,(H,25,27). The molecule has 3 rings (SSSR count). The molecule has 5 nitrogen and oxygen atoms in total. The molecule has 1 fully saturated rings. The van der Waals surface area contributed by atoms with Crippen molar-refractivity contribution in [2.75, 3.05) is 11.9 Å². The lowest BCUT2D eigenvalue weighted by atomic mass is 9.99. The van der Waals surface area contributed by atoms with Crippen LogP contribution in [0.5, 0.6) is 0 Å². The van der Waals surface area contributed by atoms with E-state index in [4.69, 9.17) is 0 Å². The first-order valence-electron chi connectivity index (χ1n) is 9.15. The Kier molecular flexibility index (Phi) is 5.96. The third-order valence-corrected chi connectivity index (χ3v) is 4.84. The van der Waals surface area contributed by atoms with Crippen molar-refractivity contribution < 1.29 is 22.8 Å². The number of pyridine rings is 1. The Morgan fingerprint density at radius 3 is 2.61 bits per heavy atom. The minimum absolute atomic E-state index is 0.110. The van der Waals surface area contributed by atoms with Crippen LogP contribution in [-0.4, -0.2) is 34.3 Å². The molecule has 0 aliphatic carbocycles. The van der Waals surface area contributed by atoms with E-state index >= 15 is 0 Å². The molecule has 1 unspecified atom stereocenters. The number of nitrogens with zero attached hydrogens (tertiary/aromatic N) is 2. The third-order valence-electron chi connectivity index (χ3n) is 4.84. The molecule has 1 aromatic heterocycles. The summed E-state index contributed by atoms with van der Waals surface area (Å²) in [5, 5.41) is 2.15. The van der Waals surface area contributed by atoms with Crippen molar-refractivity contribution in [2.45, 2.75) is 38.6 Å². The molecule has 148 valence electrons. The largest absolute Gasteiger partial charge is 0.334 e. The molecule has 1 aliphatic heterocycles. The first-order chi connectivity index (χ1) is 13.4. The molecule has 0 saturated carbocycles. The molecule has 2 heterocycles. The lowest BCUT2D eigenvalue weighted by Gasteiger charge is -2.35. The van der Waals surface area contributed by atoms with Crippen molar-refractivity contribution in [1.82, 2.24) is 9.88 Å². The molecule has 0 bridgehead atoms. The van der Waals surface area contributed by atoms with Crippen LogP contribution in [0, 0.1) is 17.5 Å². The van der Waals surface area contributed by atoms with Gasteiger partial charge in [0.15, 0.2) is 17.5 Å². The SMILES string of the molecule is CCC1CCCCN1C(=O)c1cccc(C(=O)Nc2ccc(F)c(F)c2F)n1. The fourth-order valence-corrected chi connectivity index (χ4v) is 3.33. The quantitative estimate of drug-likeness (QED) is 0.797. The molecular weight excluding hydrogens is 371 g/mol. The number of rotatable bonds is 4. The maximum atomic E-state index is 13.8. The molecule has 1 aromatic carbocycles. The molecule has 1 saturated heterocycles. The van der Waals surface area contributed by atoms with Crippen LogP contribution in [0.15, 0.2) is 30.3 Å². The average Bonchev–Trinajstić information content (AvgIpc) is 2.73. The normalized spacial score (nSPS) is 16.7. The van der Waals surface area contributed by atoms with Gasteiger partial charge in [-0.1, -0.05) is 13.0 Å². The fraction of sp³-hybridized carbons (Fsp3) is 0.350. The van der Waals surface area contributed by atoms with Gasteiger partial charge in [0.1, 0.15) is 11.4 Å². The van der Waals surface area contributed by atoms with Gasteiger partial charge in [-0.05, 0) is 49.9 Å². The summed E-state index contributed by atoms with van der Waals surface area (Å²) in [6, 6.07) is 6.14. The van der Waals surface area contributed by atoms with E-state index in [0.29, 0.717) is 12.6 Å². The number of halogens is 3. The highest BCUT2D eigenvalue weighted by molar-refractivity contribution is 6.04. The number of anilines is 1. The van der Waals surface area contributed by atoms with Crippen molar-refractivity contribution in [3.8, 4) is 0 Å². The van der Waals surface area contributed by atoms with Gasteiger partial charge in [-0.2, -0.15) is 0 Å². The van der Waals surface area contributed by atoms with E-state index < -0.39 is 29.0 Å². The number of piperidine rings is 1. The van der Waals surface area contributed by atoms with E-state index in [9.17, 15) is 22.8 Å². The number of carbonyl (C=O) groups excluding carboxylic acids is 2. The first-order valence-corrected chi connectivity index (χ1v) is 9.15. The van der Waals surface area contributed by atoms with E-state index in [1.54, 1.807) is 4.90 Å². The molecule has 1 aliphatic rings. The van der Waals surface area contributed by atoms with E-state index in [0.717, 1.165) is 31.7 Å². The molecule has 0 spiro atoms. The predicted molar refractivity (Wildman–Crippen MR) is 97.5 cm³/mol. The summed E-state index contributed by atoms with van der Waals surface area (Å²) in [6.45, 7) is 2.65. The Bertz CT molecular complexity index is 904.